The van der Waals surface area contributed by atoms with Gasteiger partial charge >= 0.3 is 0 Å². The number of amides is 1. The molecule has 132 valence electrons. The quantitative estimate of drug-likeness (QED) is 0.877. The van der Waals surface area contributed by atoms with E-state index < -0.39 is 6.10 Å². The summed E-state index contributed by atoms with van der Waals surface area (Å²) in [6, 6.07) is 15.6. The van der Waals surface area contributed by atoms with Crippen molar-refractivity contribution in [2.24, 2.45) is 5.92 Å². The fraction of sp³-hybridized carbons (Fsp3) is 0.350. The number of aliphatic hydroxyl groups is 1. The largest absolute Gasteiger partial charge is 0.388 e. The third-order valence-electron chi connectivity index (χ3n) is 4.70. The first kappa shape index (κ1) is 17.6. The van der Waals surface area contributed by atoms with Gasteiger partial charge in [-0.1, -0.05) is 36.4 Å². The van der Waals surface area contributed by atoms with E-state index in [4.69, 9.17) is 0 Å². The molecule has 5 heteroatoms. The lowest BCUT2D eigenvalue weighted by molar-refractivity contribution is -0.117. The molecule has 2 aromatic rings. The highest BCUT2D eigenvalue weighted by molar-refractivity contribution is 5.92. The van der Waals surface area contributed by atoms with Crippen LogP contribution >= 0.6 is 0 Å². The van der Waals surface area contributed by atoms with Crippen LogP contribution in [0.4, 0.5) is 10.1 Å². The van der Waals surface area contributed by atoms with Crippen molar-refractivity contribution in [3.05, 3.63) is 66.0 Å². The maximum Gasteiger partial charge on any atom is 0.238 e. The zero-order chi connectivity index (χ0) is 17.6. The number of piperidine rings is 1. The molecule has 0 unspecified atom stereocenters. The SMILES string of the molecule is O=C(CN1CCC([C@@H](O)c2ccccc2)CC1)Nc1cccc(F)c1. The van der Waals surface area contributed by atoms with Crippen molar-refractivity contribution in [3.63, 3.8) is 0 Å². The molecule has 1 saturated heterocycles. The molecule has 2 aromatic carbocycles. The Hall–Kier alpha value is -2.24. The average molecular weight is 342 g/mol. The van der Waals surface area contributed by atoms with Crippen LogP contribution in [0.3, 0.4) is 0 Å². The average Bonchev–Trinajstić information content (AvgIpc) is 2.62. The minimum atomic E-state index is -0.454. The summed E-state index contributed by atoms with van der Waals surface area (Å²) >= 11 is 0. The first-order valence-electron chi connectivity index (χ1n) is 8.62. The molecule has 2 N–H and O–H groups in total. The van der Waals surface area contributed by atoms with Crippen molar-refractivity contribution in [1.29, 1.82) is 0 Å². The van der Waals surface area contributed by atoms with Crippen LogP contribution in [-0.4, -0.2) is 35.5 Å². The van der Waals surface area contributed by atoms with Crippen molar-refractivity contribution in [2.75, 3.05) is 25.0 Å². The van der Waals surface area contributed by atoms with E-state index in [0.717, 1.165) is 31.5 Å². The van der Waals surface area contributed by atoms with Crippen molar-refractivity contribution < 1.29 is 14.3 Å². The number of hydrogen-bond donors (Lipinski definition) is 2. The number of nitrogens with one attached hydrogen (secondary N) is 1. The highest BCUT2D eigenvalue weighted by Gasteiger charge is 2.26. The molecule has 1 fully saturated rings. The lowest BCUT2D eigenvalue weighted by Crippen LogP contribution is -2.40. The van der Waals surface area contributed by atoms with Gasteiger partial charge in [0.1, 0.15) is 5.82 Å². The van der Waals surface area contributed by atoms with Crippen LogP contribution in [0.25, 0.3) is 0 Å². The molecule has 25 heavy (non-hydrogen) atoms. The highest BCUT2D eigenvalue weighted by Crippen LogP contribution is 2.30. The molecule has 3 rings (SSSR count). The number of anilines is 1. The second-order valence-electron chi connectivity index (χ2n) is 6.53. The molecule has 0 radical (unpaired) electrons. The van der Waals surface area contributed by atoms with Crippen LogP contribution in [0, 0.1) is 11.7 Å². The predicted octanol–water partition coefficient (Wildman–Crippen LogP) is 3.21. The van der Waals surface area contributed by atoms with Crippen LogP contribution < -0.4 is 5.32 Å². The van der Waals surface area contributed by atoms with Crippen LogP contribution in [0.15, 0.2) is 54.6 Å². The van der Waals surface area contributed by atoms with E-state index >= 15 is 0 Å². The summed E-state index contributed by atoms with van der Waals surface area (Å²) in [5.41, 5.74) is 1.42. The zero-order valence-corrected chi connectivity index (χ0v) is 14.1. The summed E-state index contributed by atoms with van der Waals surface area (Å²) in [5.74, 6) is -0.300. The maximum absolute atomic E-state index is 13.1. The highest BCUT2D eigenvalue weighted by atomic mass is 19.1. The standard InChI is InChI=1S/C20H23FN2O2/c21-17-7-4-8-18(13-17)22-19(24)14-23-11-9-16(10-12-23)20(25)15-5-2-1-3-6-15/h1-8,13,16,20,25H,9-12,14H2,(H,22,24)/t20-/m0/s1. The van der Waals surface area contributed by atoms with E-state index in [-0.39, 0.29) is 24.2 Å². The molecule has 1 aliphatic heterocycles. The van der Waals surface area contributed by atoms with Crippen molar-refractivity contribution in [1.82, 2.24) is 4.90 Å². The lowest BCUT2D eigenvalue weighted by Gasteiger charge is -2.34. The van der Waals surface area contributed by atoms with E-state index in [1.165, 1.54) is 12.1 Å². The van der Waals surface area contributed by atoms with Gasteiger partial charge in [0.2, 0.25) is 5.91 Å². The number of halogens is 1. The van der Waals surface area contributed by atoms with Crippen LogP contribution in [0.2, 0.25) is 0 Å². The van der Waals surface area contributed by atoms with Crippen LogP contribution in [0.5, 0.6) is 0 Å². The monoisotopic (exact) mass is 342 g/mol. The van der Waals surface area contributed by atoms with E-state index in [1.807, 2.05) is 30.3 Å². The Bertz CT molecular complexity index is 700. The van der Waals surface area contributed by atoms with Crippen LogP contribution in [0.1, 0.15) is 24.5 Å². The van der Waals surface area contributed by atoms with E-state index in [0.29, 0.717) is 5.69 Å². The molecule has 1 aliphatic rings. The second-order valence-corrected chi connectivity index (χ2v) is 6.53. The summed E-state index contributed by atoms with van der Waals surface area (Å²) in [4.78, 5) is 14.2. The van der Waals surface area contributed by atoms with Gasteiger partial charge in [-0.3, -0.25) is 9.69 Å². The van der Waals surface area contributed by atoms with Gasteiger partial charge in [-0.25, -0.2) is 4.39 Å². The minimum Gasteiger partial charge on any atom is -0.388 e. The number of hydrogen-bond acceptors (Lipinski definition) is 3. The normalized spacial score (nSPS) is 17.2. The first-order valence-corrected chi connectivity index (χ1v) is 8.62. The Morgan fingerprint density at radius 2 is 1.88 bits per heavy atom. The fourth-order valence-electron chi connectivity index (χ4n) is 3.32. The summed E-state index contributed by atoms with van der Waals surface area (Å²) < 4.78 is 13.1. The Morgan fingerprint density at radius 1 is 1.16 bits per heavy atom. The van der Waals surface area contributed by atoms with Gasteiger partial charge in [0, 0.05) is 5.69 Å². The van der Waals surface area contributed by atoms with Gasteiger partial charge < -0.3 is 10.4 Å². The first-order chi connectivity index (χ1) is 12.1. The van der Waals surface area contributed by atoms with Gasteiger partial charge in [0.15, 0.2) is 0 Å². The molecular weight excluding hydrogens is 319 g/mol. The third-order valence-corrected chi connectivity index (χ3v) is 4.70. The van der Waals surface area contributed by atoms with Gasteiger partial charge in [-0.2, -0.15) is 0 Å². The van der Waals surface area contributed by atoms with Crippen molar-refractivity contribution >= 4 is 11.6 Å². The molecule has 0 bridgehead atoms. The summed E-state index contributed by atoms with van der Waals surface area (Å²) in [6.45, 7) is 1.82. The molecule has 0 saturated carbocycles. The number of rotatable bonds is 5. The number of nitrogens with zero attached hydrogens (tertiary/aromatic N) is 1. The molecule has 0 aliphatic carbocycles. The zero-order valence-electron chi connectivity index (χ0n) is 14.1. The number of likely N-dealkylation sites (tertiary alicyclic amines) is 1. The van der Waals surface area contributed by atoms with E-state index in [2.05, 4.69) is 10.2 Å². The van der Waals surface area contributed by atoms with Crippen molar-refractivity contribution in [3.8, 4) is 0 Å². The Labute approximate surface area is 147 Å². The van der Waals surface area contributed by atoms with Crippen LogP contribution in [-0.2, 0) is 4.79 Å². The van der Waals surface area contributed by atoms with Crippen molar-refractivity contribution in [2.45, 2.75) is 18.9 Å². The van der Waals surface area contributed by atoms with Gasteiger partial charge in [-0.15, -0.1) is 0 Å². The van der Waals surface area contributed by atoms with Gasteiger partial charge in [0.05, 0.1) is 12.6 Å². The van der Waals surface area contributed by atoms with Gasteiger partial charge in [-0.05, 0) is 55.6 Å². The fourth-order valence-corrected chi connectivity index (χ4v) is 3.32. The number of benzene rings is 2. The Balaban J connectivity index is 1.47. The molecule has 1 atom stereocenters. The molecule has 1 heterocycles. The molecule has 4 nitrogen and oxygen atoms in total. The Kier molecular flexibility index (Phi) is 5.79. The predicted molar refractivity (Wildman–Crippen MR) is 95.6 cm³/mol. The smallest absolute Gasteiger partial charge is 0.238 e. The third kappa shape index (κ3) is 4.87. The van der Waals surface area contributed by atoms with Gasteiger partial charge in [0.25, 0.3) is 0 Å². The van der Waals surface area contributed by atoms with E-state index in [9.17, 15) is 14.3 Å². The second kappa shape index (κ2) is 8.23. The molecule has 0 spiro atoms. The summed E-state index contributed by atoms with van der Waals surface area (Å²) in [6.07, 6.45) is 1.25. The molecule has 1 amide bonds. The summed E-state index contributed by atoms with van der Waals surface area (Å²) in [5, 5.41) is 13.2. The number of carbonyl (C=O) groups excluding carboxylic acids is 1. The number of carbonyl (C=O) groups is 1. The molecule has 0 aromatic heterocycles. The topological polar surface area (TPSA) is 52.6 Å². The molecular formula is C20H23FN2O2. The maximum atomic E-state index is 13.1. The van der Waals surface area contributed by atoms with E-state index in [1.54, 1.807) is 12.1 Å². The lowest BCUT2D eigenvalue weighted by atomic mass is 9.87. The number of aliphatic hydroxyl groups excluding tert-OH is 1. The Morgan fingerprint density at radius 3 is 2.56 bits per heavy atom. The minimum absolute atomic E-state index is 0.146. The summed E-state index contributed by atoms with van der Waals surface area (Å²) in [7, 11) is 0.